The monoisotopic (exact) mass is 708 g/mol. The van der Waals surface area contributed by atoms with Crippen molar-refractivity contribution >= 4 is 11.8 Å². The fourth-order valence-corrected chi connectivity index (χ4v) is 3.73. The zero-order valence-corrected chi connectivity index (χ0v) is 29.4. The van der Waals surface area contributed by atoms with E-state index in [2.05, 4.69) is 11.9 Å². The normalized spacial score (nSPS) is 12.9. The molecule has 1 heterocycles. The number of rotatable bonds is 40. The van der Waals surface area contributed by atoms with E-state index in [1.165, 1.54) is 17.1 Å². The Balaban J connectivity index is 1.64. The molecule has 49 heavy (non-hydrogen) atoms. The molecule has 0 radical (unpaired) electrons. The smallest absolute Gasteiger partial charge is 0.253 e. The van der Waals surface area contributed by atoms with Gasteiger partial charge in [-0.15, -0.1) is 0 Å². The Bertz CT molecular complexity index is 802. The topological polar surface area (TPSA) is 160 Å². The standard InChI is InChI=1S/C33H60N2O14/c1-31(5-7-35-32(36)3-4-33(35)37)34-6-8-39-11-12-41-15-16-43-19-20-45-23-24-47-27-28-49-30-29-48-26-25-46-22-21-44-18-17-42-14-13-40-10-9-38-2/h3-4,34H,1,5-30H2,2H3. The molecule has 2 amide bonds. The summed E-state index contributed by atoms with van der Waals surface area (Å²) >= 11 is 0. The summed E-state index contributed by atoms with van der Waals surface area (Å²) in [5.74, 6) is -0.572. The van der Waals surface area contributed by atoms with E-state index in [9.17, 15) is 9.59 Å². The molecule has 1 aliphatic rings. The number of carbonyl (C=O) groups is 2. The first-order valence-electron chi connectivity index (χ1n) is 16.9. The van der Waals surface area contributed by atoms with Crippen molar-refractivity contribution in [3.63, 3.8) is 0 Å². The number of methoxy groups -OCH3 is 1. The summed E-state index contributed by atoms with van der Waals surface area (Å²) in [6.07, 6.45) is 3.05. The van der Waals surface area contributed by atoms with Crippen molar-refractivity contribution < 1.29 is 66.4 Å². The van der Waals surface area contributed by atoms with Gasteiger partial charge in [0.05, 0.1) is 152 Å². The van der Waals surface area contributed by atoms with E-state index >= 15 is 0 Å². The maximum Gasteiger partial charge on any atom is 0.253 e. The van der Waals surface area contributed by atoms with E-state index in [1.807, 2.05) is 0 Å². The van der Waals surface area contributed by atoms with E-state index in [0.29, 0.717) is 171 Å². The average molecular weight is 709 g/mol. The molecule has 0 saturated carbocycles. The SMILES string of the molecule is C=C(CCN1C(=O)C=CC1=O)NCCOCCOCCOCCOCCOCCOCCOCCOCCOCCOCCOCCOC. The lowest BCUT2D eigenvalue weighted by Crippen LogP contribution is -2.32. The van der Waals surface area contributed by atoms with Gasteiger partial charge in [0, 0.05) is 44.5 Å². The van der Waals surface area contributed by atoms with Gasteiger partial charge in [-0.1, -0.05) is 6.58 Å². The molecule has 0 saturated heterocycles. The molecule has 0 fully saturated rings. The van der Waals surface area contributed by atoms with Crippen molar-refractivity contribution in [2.75, 3.05) is 172 Å². The van der Waals surface area contributed by atoms with E-state index < -0.39 is 0 Å². The lowest BCUT2D eigenvalue weighted by Gasteiger charge is -2.15. The maximum atomic E-state index is 11.5. The molecule has 1 rings (SSSR count). The summed E-state index contributed by atoms with van der Waals surface area (Å²) < 4.78 is 64.8. The third-order valence-corrected chi connectivity index (χ3v) is 6.31. The summed E-state index contributed by atoms with van der Waals surface area (Å²) in [6.45, 7) is 16.4. The molecule has 0 spiro atoms. The minimum atomic E-state index is -0.286. The zero-order valence-electron chi connectivity index (χ0n) is 29.4. The van der Waals surface area contributed by atoms with Crippen LogP contribution in [0.4, 0.5) is 0 Å². The van der Waals surface area contributed by atoms with Crippen molar-refractivity contribution in [3.05, 3.63) is 24.4 Å². The number of carbonyl (C=O) groups excluding carboxylic acids is 2. The summed E-state index contributed by atoms with van der Waals surface area (Å²) in [5, 5.41) is 3.12. The number of nitrogens with zero attached hydrogens (tertiary/aromatic N) is 1. The molecule has 16 nitrogen and oxygen atoms in total. The van der Waals surface area contributed by atoms with Gasteiger partial charge >= 0.3 is 0 Å². The van der Waals surface area contributed by atoms with Gasteiger partial charge in [-0.3, -0.25) is 14.5 Å². The highest BCUT2D eigenvalue weighted by molar-refractivity contribution is 6.12. The first-order chi connectivity index (χ1) is 24.1. The van der Waals surface area contributed by atoms with Gasteiger partial charge in [-0.05, 0) is 0 Å². The van der Waals surface area contributed by atoms with E-state index in [1.54, 1.807) is 7.11 Å². The number of amides is 2. The molecular weight excluding hydrogens is 648 g/mol. The molecule has 0 bridgehead atoms. The second-order valence-corrected chi connectivity index (χ2v) is 10.2. The van der Waals surface area contributed by atoms with Crippen LogP contribution >= 0.6 is 0 Å². The second kappa shape index (κ2) is 35.8. The first kappa shape index (κ1) is 45.0. The van der Waals surface area contributed by atoms with E-state index in [4.69, 9.17) is 56.8 Å². The predicted molar refractivity (Wildman–Crippen MR) is 179 cm³/mol. The fraction of sp³-hybridized carbons (Fsp3) is 0.818. The minimum Gasteiger partial charge on any atom is -0.386 e. The largest absolute Gasteiger partial charge is 0.386 e. The van der Waals surface area contributed by atoms with Crippen molar-refractivity contribution in [2.24, 2.45) is 0 Å². The van der Waals surface area contributed by atoms with Crippen molar-refractivity contribution in [3.8, 4) is 0 Å². The molecule has 0 aromatic carbocycles. The Morgan fingerprint density at radius 2 is 0.755 bits per heavy atom. The quantitative estimate of drug-likeness (QED) is 0.0681. The summed E-state index contributed by atoms with van der Waals surface area (Å²) in [7, 11) is 1.64. The lowest BCUT2D eigenvalue weighted by atomic mass is 10.3. The summed E-state index contributed by atoms with van der Waals surface area (Å²) in [5.41, 5.74) is 0.747. The first-order valence-corrected chi connectivity index (χ1v) is 16.9. The number of nitrogens with one attached hydrogen (secondary N) is 1. The van der Waals surface area contributed by atoms with Crippen LogP contribution < -0.4 is 5.32 Å². The Morgan fingerprint density at radius 3 is 1.04 bits per heavy atom. The lowest BCUT2D eigenvalue weighted by molar-refractivity contribution is -0.136. The van der Waals surface area contributed by atoms with Gasteiger partial charge in [0.15, 0.2) is 0 Å². The summed E-state index contributed by atoms with van der Waals surface area (Å²) in [6, 6.07) is 0. The highest BCUT2D eigenvalue weighted by Crippen LogP contribution is 2.06. The highest BCUT2D eigenvalue weighted by atomic mass is 16.6. The van der Waals surface area contributed by atoms with Crippen LogP contribution in [0.2, 0.25) is 0 Å². The molecule has 0 atom stereocenters. The molecule has 286 valence electrons. The van der Waals surface area contributed by atoms with Crippen molar-refractivity contribution in [1.82, 2.24) is 10.2 Å². The van der Waals surface area contributed by atoms with Crippen LogP contribution in [0, 0.1) is 0 Å². The van der Waals surface area contributed by atoms with Gasteiger partial charge in [-0.2, -0.15) is 0 Å². The number of ether oxygens (including phenoxy) is 12. The minimum absolute atomic E-state index is 0.286. The van der Waals surface area contributed by atoms with Crippen molar-refractivity contribution in [2.45, 2.75) is 6.42 Å². The fourth-order valence-electron chi connectivity index (χ4n) is 3.73. The van der Waals surface area contributed by atoms with Crippen LogP contribution in [0.3, 0.4) is 0 Å². The molecule has 0 aromatic heterocycles. The zero-order chi connectivity index (χ0) is 35.3. The van der Waals surface area contributed by atoms with Gasteiger partial charge in [-0.25, -0.2) is 0 Å². The van der Waals surface area contributed by atoms with Crippen LogP contribution in [0.25, 0.3) is 0 Å². The third kappa shape index (κ3) is 30.5. The molecule has 16 heteroatoms. The van der Waals surface area contributed by atoms with Gasteiger partial charge in [0.1, 0.15) is 0 Å². The van der Waals surface area contributed by atoms with Crippen LogP contribution in [-0.4, -0.2) is 189 Å². The van der Waals surface area contributed by atoms with Crippen molar-refractivity contribution in [1.29, 1.82) is 0 Å². The predicted octanol–water partition coefficient (Wildman–Crippen LogP) is 0.234. The Hall–Kier alpha value is -2.06. The maximum absolute atomic E-state index is 11.5. The molecule has 0 aliphatic carbocycles. The molecular formula is C33H60N2O14. The average Bonchev–Trinajstić information content (AvgIpc) is 3.43. The van der Waals surface area contributed by atoms with Gasteiger partial charge in [0.2, 0.25) is 0 Å². The number of hydrogen-bond acceptors (Lipinski definition) is 15. The van der Waals surface area contributed by atoms with Gasteiger partial charge in [0.25, 0.3) is 11.8 Å². The second-order valence-electron chi connectivity index (χ2n) is 10.2. The summed E-state index contributed by atoms with van der Waals surface area (Å²) in [4.78, 5) is 24.2. The van der Waals surface area contributed by atoms with Gasteiger partial charge < -0.3 is 62.2 Å². The Labute approximate surface area is 291 Å². The Kier molecular flexibility index (Phi) is 32.8. The molecule has 1 N–H and O–H groups in total. The molecule has 0 unspecified atom stereocenters. The van der Waals surface area contributed by atoms with E-state index in [-0.39, 0.29) is 11.8 Å². The highest BCUT2D eigenvalue weighted by Gasteiger charge is 2.22. The van der Waals surface area contributed by atoms with Crippen LogP contribution in [-0.2, 0) is 66.4 Å². The van der Waals surface area contributed by atoms with Crippen LogP contribution in [0.15, 0.2) is 24.4 Å². The Morgan fingerprint density at radius 1 is 0.490 bits per heavy atom. The molecule has 1 aliphatic heterocycles. The number of imide groups is 1. The van der Waals surface area contributed by atoms with E-state index in [0.717, 1.165) is 5.70 Å². The van der Waals surface area contributed by atoms with Crippen LogP contribution in [0.5, 0.6) is 0 Å². The number of hydrogen-bond donors (Lipinski definition) is 1. The van der Waals surface area contributed by atoms with Crippen LogP contribution in [0.1, 0.15) is 6.42 Å². The third-order valence-electron chi connectivity index (χ3n) is 6.31. The molecule has 0 aromatic rings.